The zero-order valence-corrected chi connectivity index (χ0v) is 17.0. The summed E-state index contributed by atoms with van der Waals surface area (Å²) in [6.07, 6.45) is 4.10. The van der Waals surface area contributed by atoms with Gasteiger partial charge in [-0.2, -0.15) is 15.1 Å². The van der Waals surface area contributed by atoms with Gasteiger partial charge in [0.25, 0.3) is 0 Å². The first-order valence-electron chi connectivity index (χ1n) is 9.95. The molecule has 2 aromatic heterocycles. The highest BCUT2D eigenvalue weighted by Crippen LogP contribution is 2.28. The van der Waals surface area contributed by atoms with E-state index in [1.807, 2.05) is 59.3 Å². The lowest BCUT2D eigenvalue weighted by Gasteiger charge is -2.13. The summed E-state index contributed by atoms with van der Waals surface area (Å²) in [7, 11) is 0. The van der Waals surface area contributed by atoms with Crippen LogP contribution in [0.2, 0.25) is 5.02 Å². The number of halogens is 1. The lowest BCUT2D eigenvalue weighted by atomic mass is 10.2. The Labute approximate surface area is 179 Å². The van der Waals surface area contributed by atoms with E-state index >= 15 is 0 Å². The molecule has 7 nitrogen and oxygen atoms in total. The Bertz CT molecular complexity index is 1160. The Hall–Kier alpha value is -3.16. The molecule has 5 rings (SSSR count). The van der Waals surface area contributed by atoms with Crippen molar-refractivity contribution in [2.45, 2.75) is 18.9 Å². The van der Waals surface area contributed by atoms with Crippen LogP contribution < -0.4 is 10.6 Å². The fourth-order valence-corrected chi connectivity index (χ4v) is 3.74. The van der Waals surface area contributed by atoms with Crippen LogP contribution in [0.15, 0.2) is 60.8 Å². The summed E-state index contributed by atoms with van der Waals surface area (Å²) in [5, 5.41) is 12.7. The molecule has 0 unspecified atom stereocenters. The minimum Gasteiger partial charge on any atom is -0.376 e. The Morgan fingerprint density at radius 2 is 2.00 bits per heavy atom. The van der Waals surface area contributed by atoms with Crippen molar-refractivity contribution in [1.29, 1.82) is 0 Å². The minimum atomic E-state index is 0.188. The standard InChI is InChI=1S/C22H21ClN6O/c23-15-6-4-7-16(12-15)26-20-19-14-25-29(17-8-2-1-3-9-17)21(19)28-22(27-20)24-13-18-10-5-11-30-18/h1-4,6-9,12,14,18H,5,10-11,13H2,(H2,24,26,27,28)/t18-/m0/s1. The Balaban J connectivity index is 1.55. The van der Waals surface area contributed by atoms with Crippen molar-refractivity contribution < 1.29 is 4.74 Å². The van der Waals surface area contributed by atoms with Crippen molar-refractivity contribution in [3.63, 3.8) is 0 Å². The number of aromatic nitrogens is 4. The van der Waals surface area contributed by atoms with E-state index in [1.54, 1.807) is 6.20 Å². The SMILES string of the molecule is Clc1cccc(Nc2nc(NC[C@@H]3CCCO3)nc3c2cnn3-c2ccccc2)c1. The number of ether oxygens (including phenoxy) is 1. The van der Waals surface area contributed by atoms with Crippen LogP contribution in [0.1, 0.15) is 12.8 Å². The number of hydrogen-bond donors (Lipinski definition) is 2. The number of nitrogens with zero attached hydrogens (tertiary/aromatic N) is 4. The van der Waals surface area contributed by atoms with Gasteiger partial charge >= 0.3 is 0 Å². The first-order valence-corrected chi connectivity index (χ1v) is 10.3. The van der Waals surface area contributed by atoms with Gasteiger partial charge in [0.2, 0.25) is 5.95 Å². The molecule has 1 fully saturated rings. The zero-order valence-electron chi connectivity index (χ0n) is 16.3. The number of hydrogen-bond acceptors (Lipinski definition) is 6. The van der Waals surface area contributed by atoms with Gasteiger partial charge < -0.3 is 15.4 Å². The molecule has 0 saturated carbocycles. The first-order chi connectivity index (χ1) is 14.8. The smallest absolute Gasteiger partial charge is 0.226 e. The highest BCUT2D eigenvalue weighted by molar-refractivity contribution is 6.30. The van der Waals surface area contributed by atoms with E-state index in [0.29, 0.717) is 23.3 Å². The van der Waals surface area contributed by atoms with Crippen molar-refractivity contribution >= 4 is 40.1 Å². The van der Waals surface area contributed by atoms with E-state index in [9.17, 15) is 0 Å². The average molecular weight is 421 g/mol. The maximum absolute atomic E-state index is 6.15. The first kappa shape index (κ1) is 18.8. The summed E-state index contributed by atoms with van der Waals surface area (Å²) >= 11 is 6.15. The van der Waals surface area contributed by atoms with E-state index in [1.165, 1.54) is 0 Å². The van der Waals surface area contributed by atoms with Gasteiger partial charge in [-0.15, -0.1) is 0 Å². The average Bonchev–Trinajstić information content (AvgIpc) is 3.43. The van der Waals surface area contributed by atoms with Gasteiger partial charge in [-0.1, -0.05) is 35.9 Å². The van der Waals surface area contributed by atoms with Crippen LogP contribution in [0.3, 0.4) is 0 Å². The lowest BCUT2D eigenvalue weighted by Crippen LogP contribution is -2.20. The van der Waals surface area contributed by atoms with E-state index < -0.39 is 0 Å². The molecule has 0 bridgehead atoms. The third-order valence-electron chi connectivity index (χ3n) is 5.03. The summed E-state index contributed by atoms with van der Waals surface area (Å²) in [5.74, 6) is 1.19. The van der Waals surface area contributed by atoms with Crippen molar-refractivity contribution in [3.05, 3.63) is 65.8 Å². The second kappa shape index (κ2) is 8.30. The number of nitrogens with one attached hydrogen (secondary N) is 2. The summed E-state index contributed by atoms with van der Waals surface area (Å²) in [6.45, 7) is 1.48. The molecule has 0 spiro atoms. The van der Waals surface area contributed by atoms with Crippen molar-refractivity contribution in [2.75, 3.05) is 23.8 Å². The normalized spacial score (nSPS) is 16.1. The van der Waals surface area contributed by atoms with Crippen LogP contribution >= 0.6 is 11.6 Å². The molecular weight excluding hydrogens is 400 g/mol. The van der Waals surface area contributed by atoms with Crippen LogP contribution in [0.5, 0.6) is 0 Å². The molecule has 0 radical (unpaired) electrons. The largest absolute Gasteiger partial charge is 0.376 e. The number of para-hydroxylation sites is 1. The predicted molar refractivity (Wildman–Crippen MR) is 119 cm³/mol. The van der Waals surface area contributed by atoms with Gasteiger partial charge in [0.15, 0.2) is 5.65 Å². The third kappa shape index (κ3) is 3.94. The fourth-order valence-electron chi connectivity index (χ4n) is 3.55. The summed E-state index contributed by atoms with van der Waals surface area (Å²) in [5.41, 5.74) is 2.50. The lowest BCUT2D eigenvalue weighted by molar-refractivity contribution is 0.120. The molecule has 2 N–H and O–H groups in total. The monoisotopic (exact) mass is 420 g/mol. The summed E-state index contributed by atoms with van der Waals surface area (Å²) in [4.78, 5) is 9.46. The van der Waals surface area contributed by atoms with Crippen LogP contribution in [0.25, 0.3) is 16.7 Å². The van der Waals surface area contributed by atoms with Gasteiger partial charge in [-0.25, -0.2) is 4.68 Å². The van der Waals surface area contributed by atoms with E-state index in [4.69, 9.17) is 26.3 Å². The molecule has 30 heavy (non-hydrogen) atoms. The maximum Gasteiger partial charge on any atom is 0.226 e. The molecule has 0 amide bonds. The molecule has 1 aliphatic heterocycles. The van der Waals surface area contributed by atoms with Crippen molar-refractivity contribution in [2.24, 2.45) is 0 Å². The Kier molecular flexibility index (Phi) is 5.21. The molecule has 1 saturated heterocycles. The number of benzene rings is 2. The molecule has 3 heterocycles. The molecule has 0 aliphatic carbocycles. The summed E-state index contributed by atoms with van der Waals surface area (Å²) in [6, 6.07) is 17.5. The molecule has 2 aromatic carbocycles. The molecule has 8 heteroatoms. The van der Waals surface area contributed by atoms with Crippen LogP contribution in [-0.2, 0) is 4.74 Å². The number of fused-ring (bicyclic) bond motifs is 1. The van der Waals surface area contributed by atoms with Crippen molar-refractivity contribution in [3.8, 4) is 5.69 Å². The maximum atomic E-state index is 6.15. The Morgan fingerprint density at radius 1 is 1.10 bits per heavy atom. The highest BCUT2D eigenvalue weighted by Gasteiger charge is 2.18. The molecule has 1 aliphatic rings. The third-order valence-corrected chi connectivity index (χ3v) is 5.26. The van der Waals surface area contributed by atoms with Gasteiger partial charge in [-0.3, -0.25) is 0 Å². The summed E-state index contributed by atoms with van der Waals surface area (Å²) < 4.78 is 7.53. The highest BCUT2D eigenvalue weighted by atomic mass is 35.5. The second-order valence-corrected chi connectivity index (χ2v) is 7.61. The Morgan fingerprint density at radius 3 is 2.80 bits per heavy atom. The van der Waals surface area contributed by atoms with E-state index in [2.05, 4.69) is 15.7 Å². The second-order valence-electron chi connectivity index (χ2n) is 7.18. The van der Waals surface area contributed by atoms with Crippen molar-refractivity contribution in [1.82, 2.24) is 19.7 Å². The predicted octanol–water partition coefficient (Wildman–Crippen LogP) is 4.80. The van der Waals surface area contributed by atoms with Gasteiger partial charge in [-0.05, 0) is 43.2 Å². The minimum absolute atomic E-state index is 0.188. The van der Waals surface area contributed by atoms with Crippen LogP contribution in [0, 0.1) is 0 Å². The van der Waals surface area contributed by atoms with E-state index in [-0.39, 0.29) is 6.10 Å². The van der Waals surface area contributed by atoms with E-state index in [0.717, 1.165) is 41.9 Å². The zero-order chi connectivity index (χ0) is 20.3. The number of anilines is 3. The fraction of sp³-hybridized carbons (Fsp3) is 0.227. The molecule has 1 atom stereocenters. The topological polar surface area (TPSA) is 76.9 Å². The molecule has 4 aromatic rings. The molecule has 152 valence electrons. The van der Waals surface area contributed by atoms with Crippen LogP contribution in [0.4, 0.5) is 17.5 Å². The van der Waals surface area contributed by atoms with Crippen LogP contribution in [-0.4, -0.2) is 39.0 Å². The molecular formula is C22H21ClN6O. The van der Waals surface area contributed by atoms with Gasteiger partial charge in [0.05, 0.1) is 23.4 Å². The quantitative estimate of drug-likeness (QED) is 0.466. The van der Waals surface area contributed by atoms with Gasteiger partial charge in [0, 0.05) is 23.9 Å². The van der Waals surface area contributed by atoms with Gasteiger partial charge in [0.1, 0.15) is 5.82 Å². The number of rotatable bonds is 6.